The molecule has 9 heteroatoms. The Balaban J connectivity index is 1.55. The number of nitrogens with zero attached hydrogens (tertiary/aromatic N) is 6. The standard InChI is InChI=1S/C21H30N6O3/c1-3-30-18(28)13-17-15(2)24-21-22-14-23-27(21)19(17)25-9-11-26(12-10-25)20(29)16-7-5-4-6-8-16/h14,16H,3-13H2,1-2H3. The summed E-state index contributed by atoms with van der Waals surface area (Å²) < 4.78 is 6.86. The van der Waals surface area contributed by atoms with E-state index in [1.54, 1.807) is 11.4 Å². The van der Waals surface area contributed by atoms with Crippen LogP contribution in [-0.4, -0.2) is 69.1 Å². The van der Waals surface area contributed by atoms with Gasteiger partial charge < -0.3 is 14.5 Å². The number of piperazine rings is 1. The molecular formula is C21H30N6O3. The third kappa shape index (κ3) is 4.11. The maximum atomic E-state index is 12.9. The van der Waals surface area contributed by atoms with E-state index in [1.165, 1.54) is 12.7 Å². The van der Waals surface area contributed by atoms with Crippen molar-refractivity contribution in [1.29, 1.82) is 0 Å². The highest BCUT2D eigenvalue weighted by Gasteiger charge is 2.30. The van der Waals surface area contributed by atoms with Crippen molar-refractivity contribution in [1.82, 2.24) is 24.5 Å². The fourth-order valence-corrected chi connectivity index (χ4v) is 4.60. The second-order valence-corrected chi connectivity index (χ2v) is 8.10. The number of hydrogen-bond donors (Lipinski definition) is 0. The van der Waals surface area contributed by atoms with E-state index < -0.39 is 0 Å². The van der Waals surface area contributed by atoms with Gasteiger partial charge in [0.15, 0.2) is 0 Å². The van der Waals surface area contributed by atoms with E-state index in [-0.39, 0.29) is 18.3 Å². The average molecular weight is 415 g/mol. The number of ether oxygens (including phenoxy) is 1. The summed E-state index contributed by atoms with van der Waals surface area (Å²) >= 11 is 0. The molecule has 0 spiro atoms. The van der Waals surface area contributed by atoms with Crippen LogP contribution in [0.25, 0.3) is 5.78 Å². The van der Waals surface area contributed by atoms with Gasteiger partial charge in [0.05, 0.1) is 13.0 Å². The third-order valence-corrected chi connectivity index (χ3v) is 6.18. The van der Waals surface area contributed by atoms with E-state index in [4.69, 9.17) is 4.74 Å². The van der Waals surface area contributed by atoms with Gasteiger partial charge in [0.2, 0.25) is 5.91 Å². The first-order valence-corrected chi connectivity index (χ1v) is 11.0. The molecule has 0 atom stereocenters. The fraction of sp³-hybridized carbons (Fsp3) is 0.667. The van der Waals surface area contributed by atoms with Crippen molar-refractivity contribution in [3.63, 3.8) is 0 Å². The first-order valence-electron chi connectivity index (χ1n) is 11.0. The second kappa shape index (κ2) is 8.97. The smallest absolute Gasteiger partial charge is 0.310 e. The Hall–Kier alpha value is -2.71. The number of amides is 1. The lowest BCUT2D eigenvalue weighted by Crippen LogP contribution is -2.51. The van der Waals surface area contributed by atoms with Crippen LogP contribution in [-0.2, 0) is 20.7 Å². The minimum Gasteiger partial charge on any atom is -0.466 e. The number of rotatable bonds is 5. The molecule has 1 saturated heterocycles. The quantitative estimate of drug-likeness (QED) is 0.688. The van der Waals surface area contributed by atoms with Crippen LogP contribution >= 0.6 is 0 Å². The van der Waals surface area contributed by atoms with Crippen LogP contribution in [0.3, 0.4) is 0 Å². The van der Waals surface area contributed by atoms with Crippen LogP contribution in [0.1, 0.15) is 50.3 Å². The second-order valence-electron chi connectivity index (χ2n) is 8.10. The highest BCUT2D eigenvalue weighted by Crippen LogP contribution is 2.28. The van der Waals surface area contributed by atoms with Gasteiger partial charge in [0.25, 0.3) is 5.78 Å². The number of aryl methyl sites for hydroxylation is 1. The Kier molecular flexibility index (Phi) is 6.15. The SMILES string of the molecule is CCOC(=O)Cc1c(C)nc2ncnn2c1N1CCN(C(=O)C2CCCCC2)CC1. The molecule has 1 aliphatic heterocycles. The van der Waals surface area contributed by atoms with Crippen molar-refractivity contribution in [3.05, 3.63) is 17.6 Å². The molecule has 9 nitrogen and oxygen atoms in total. The van der Waals surface area contributed by atoms with Gasteiger partial charge in [0.1, 0.15) is 12.1 Å². The topological polar surface area (TPSA) is 92.9 Å². The molecule has 0 aromatic carbocycles. The van der Waals surface area contributed by atoms with Crippen molar-refractivity contribution >= 4 is 23.5 Å². The van der Waals surface area contributed by atoms with Crippen molar-refractivity contribution in [2.24, 2.45) is 5.92 Å². The first-order chi connectivity index (χ1) is 14.6. The van der Waals surface area contributed by atoms with Crippen LogP contribution in [0.5, 0.6) is 0 Å². The van der Waals surface area contributed by atoms with Crippen molar-refractivity contribution in [2.75, 3.05) is 37.7 Å². The molecule has 2 aromatic heterocycles. The lowest BCUT2D eigenvalue weighted by Gasteiger charge is -2.38. The van der Waals surface area contributed by atoms with Gasteiger partial charge in [-0.3, -0.25) is 9.59 Å². The zero-order valence-electron chi connectivity index (χ0n) is 17.8. The number of fused-ring (bicyclic) bond motifs is 1. The Morgan fingerprint density at radius 3 is 2.57 bits per heavy atom. The largest absolute Gasteiger partial charge is 0.466 e. The molecule has 0 N–H and O–H groups in total. The molecule has 3 heterocycles. The molecule has 2 aliphatic rings. The van der Waals surface area contributed by atoms with Gasteiger partial charge >= 0.3 is 5.97 Å². The monoisotopic (exact) mass is 414 g/mol. The van der Waals surface area contributed by atoms with E-state index in [1.807, 2.05) is 11.8 Å². The normalized spacial score (nSPS) is 18.1. The summed E-state index contributed by atoms with van der Waals surface area (Å²) in [6, 6.07) is 0. The van der Waals surface area contributed by atoms with Crippen LogP contribution in [0.15, 0.2) is 6.33 Å². The third-order valence-electron chi connectivity index (χ3n) is 6.18. The van der Waals surface area contributed by atoms with Crippen molar-refractivity contribution in [2.45, 2.75) is 52.4 Å². The lowest BCUT2D eigenvalue weighted by atomic mass is 9.88. The van der Waals surface area contributed by atoms with Crippen LogP contribution in [0, 0.1) is 12.8 Å². The maximum absolute atomic E-state index is 12.9. The summed E-state index contributed by atoms with van der Waals surface area (Å²) in [5.41, 5.74) is 1.55. The Bertz CT molecular complexity index is 913. The zero-order valence-corrected chi connectivity index (χ0v) is 17.8. The Morgan fingerprint density at radius 1 is 1.13 bits per heavy atom. The van der Waals surface area contributed by atoms with Gasteiger partial charge in [-0.2, -0.15) is 14.6 Å². The molecule has 2 aromatic rings. The molecule has 1 amide bonds. The molecule has 162 valence electrons. The molecule has 1 aliphatic carbocycles. The van der Waals surface area contributed by atoms with E-state index in [0.29, 0.717) is 44.5 Å². The van der Waals surface area contributed by atoms with Crippen LogP contribution in [0.2, 0.25) is 0 Å². The summed E-state index contributed by atoms with van der Waals surface area (Å²) in [5, 5.41) is 4.35. The van der Waals surface area contributed by atoms with E-state index in [2.05, 4.69) is 20.0 Å². The predicted octanol–water partition coefficient (Wildman–Crippen LogP) is 1.77. The van der Waals surface area contributed by atoms with E-state index in [0.717, 1.165) is 42.8 Å². The summed E-state index contributed by atoms with van der Waals surface area (Å²) in [7, 11) is 0. The Labute approximate surface area is 176 Å². The number of hydrogen-bond acceptors (Lipinski definition) is 7. The highest BCUT2D eigenvalue weighted by molar-refractivity contribution is 5.79. The summed E-state index contributed by atoms with van der Waals surface area (Å²) in [4.78, 5) is 38.1. The molecule has 30 heavy (non-hydrogen) atoms. The number of anilines is 1. The van der Waals surface area contributed by atoms with Crippen molar-refractivity contribution < 1.29 is 14.3 Å². The Morgan fingerprint density at radius 2 is 1.87 bits per heavy atom. The molecule has 0 unspecified atom stereocenters. The molecule has 2 fully saturated rings. The average Bonchev–Trinajstić information content (AvgIpc) is 3.22. The highest BCUT2D eigenvalue weighted by atomic mass is 16.5. The minimum absolute atomic E-state index is 0.138. The molecular weight excluding hydrogens is 384 g/mol. The van der Waals surface area contributed by atoms with E-state index in [9.17, 15) is 9.59 Å². The molecule has 1 saturated carbocycles. The molecule has 4 rings (SSSR count). The van der Waals surface area contributed by atoms with Gasteiger partial charge in [-0.1, -0.05) is 19.3 Å². The fourth-order valence-electron chi connectivity index (χ4n) is 4.60. The molecule has 0 bridgehead atoms. The summed E-state index contributed by atoms with van der Waals surface area (Å²) in [6.45, 7) is 6.74. The minimum atomic E-state index is -0.283. The predicted molar refractivity (Wildman–Crippen MR) is 111 cm³/mol. The van der Waals surface area contributed by atoms with Crippen LogP contribution in [0.4, 0.5) is 5.82 Å². The number of esters is 1. The summed E-state index contributed by atoms with van der Waals surface area (Å²) in [6.07, 6.45) is 7.22. The maximum Gasteiger partial charge on any atom is 0.310 e. The zero-order chi connectivity index (χ0) is 21.1. The number of aromatic nitrogens is 4. The molecule has 0 radical (unpaired) electrons. The van der Waals surface area contributed by atoms with Gasteiger partial charge in [-0.15, -0.1) is 0 Å². The van der Waals surface area contributed by atoms with Gasteiger partial charge in [0, 0.05) is 43.4 Å². The van der Waals surface area contributed by atoms with Crippen LogP contribution < -0.4 is 4.90 Å². The van der Waals surface area contributed by atoms with Gasteiger partial charge in [-0.25, -0.2) is 4.98 Å². The number of carbonyl (C=O) groups is 2. The van der Waals surface area contributed by atoms with Crippen molar-refractivity contribution in [3.8, 4) is 0 Å². The number of carbonyl (C=O) groups excluding carboxylic acids is 2. The lowest BCUT2D eigenvalue weighted by molar-refractivity contribution is -0.142. The van der Waals surface area contributed by atoms with E-state index >= 15 is 0 Å². The van der Waals surface area contributed by atoms with Gasteiger partial charge in [-0.05, 0) is 26.7 Å². The first kappa shape index (κ1) is 20.6. The summed E-state index contributed by atoms with van der Waals surface area (Å²) in [5.74, 6) is 1.55.